The largest absolute Gasteiger partial charge is 0.311 e. The number of piperazine rings is 1. The Hall–Kier alpha value is -0.150. The third kappa shape index (κ3) is 2.95. The van der Waals surface area contributed by atoms with Crippen LogP contribution in [0, 0.1) is 0 Å². The summed E-state index contributed by atoms with van der Waals surface area (Å²) in [6, 6.07) is 0.589. The molecule has 1 aliphatic heterocycles. The second-order valence-corrected chi connectivity index (χ2v) is 4.91. The Labute approximate surface area is 99.6 Å². The van der Waals surface area contributed by atoms with Crippen LogP contribution in [0.1, 0.15) is 46.5 Å². The Morgan fingerprint density at radius 2 is 2.00 bits per heavy atom. The number of nitrogens with zero attached hydrogens (tertiary/aromatic N) is 1. The SMILES string of the molecule is CCC1CN(CCCF)C(CC)(CC)CN1. The lowest BCUT2D eigenvalue weighted by Gasteiger charge is -2.49. The van der Waals surface area contributed by atoms with E-state index in [1.807, 2.05) is 0 Å². The monoisotopic (exact) mass is 230 g/mol. The van der Waals surface area contributed by atoms with Gasteiger partial charge in [0.05, 0.1) is 6.67 Å². The molecule has 96 valence electrons. The van der Waals surface area contributed by atoms with Crippen LogP contribution in [0.2, 0.25) is 0 Å². The van der Waals surface area contributed by atoms with Gasteiger partial charge in [0, 0.05) is 31.2 Å². The van der Waals surface area contributed by atoms with E-state index in [0.717, 1.165) is 38.9 Å². The van der Waals surface area contributed by atoms with Crippen molar-refractivity contribution in [1.82, 2.24) is 10.2 Å². The van der Waals surface area contributed by atoms with E-state index in [-0.39, 0.29) is 12.2 Å². The van der Waals surface area contributed by atoms with Crippen LogP contribution < -0.4 is 5.32 Å². The predicted molar refractivity (Wildman–Crippen MR) is 67.6 cm³/mol. The lowest BCUT2D eigenvalue weighted by atomic mass is 9.86. The van der Waals surface area contributed by atoms with Gasteiger partial charge in [-0.25, -0.2) is 0 Å². The molecule has 0 amide bonds. The molecule has 1 saturated heterocycles. The zero-order chi connectivity index (χ0) is 12.0. The molecule has 0 spiro atoms. The van der Waals surface area contributed by atoms with Crippen LogP contribution in [0.5, 0.6) is 0 Å². The summed E-state index contributed by atoms with van der Waals surface area (Å²) in [7, 11) is 0. The van der Waals surface area contributed by atoms with Crippen molar-refractivity contribution in [2.45, 2.75) is 58.0 Å². The molecule has 16 heavy (non-hydrogen) atoms. The maximum atomic E-state index is 12.3. The van der Waals surface area contributed by atoms with Gasteiger partial charge in [0.2, 0.25) is 0 Å². The van der Waals surface area contributed by atoms with E-state index in [0.29, 0.717) is 12.5 Å². The first-order valence-corrected chi connectivity index (χ1v) is 6.76. The van der Waals surface area contributed by atoms with Crippen LogP contribution in [0.25, 0.3) is 0 Å². The minimum atomic E-state index is -0.190. The minimum absolute atomic E-state index is 0.190. The van der Waals surface area contributed by atoms with Gasteiger partial charge in [-0.1, -0.05) is 20.8 Å². The highest BCUT2D eigenvalue weighted by atomic mass is 19.1. The van der Waals surface area contributed by atoms with E-state index >= 15 is 0 Å². The van der Waals surface area contributed by atoms with Gasteiger partial charge in [0.15, 0.2) is 0 Å². The van der Waals surface area contributed by atoms with E-state index in [4.69, 9.17) is 0 Å². The molecule has 0 aromatic rings. The lowest BCUT2D eigenvalue weighted by molar-refractivity contribution is 0.0286. The topological polar surface area (TPSA) is 15.3 Å². The van der Waals surface area contributed by atoms with Crippen LogP contribution in [0.4, 0.5) is 4.39 Å². The van der Waals surface area contributed by atoms with Gasteiger partial charge in [-0.3, -0.25) is 9.29 Å². The first-order chi connectivity index (χ1) is 7.72. The van der Waals surface area contributed by atoms with Crippen molar-refractivity contribution in [1.29, 1.82) is 0 Å². The fraction of sp³-hybridized carbons (Fsp3) is 1.00. The molecular weight excluding hydrogens is 203 g/mol. The van der Waals surface area contributed by atoms with Gasteiger partial charge >= 0.3 is 0 Å². The van der Waals surface area contributed by atoms with Crippen molar-refractivity contribution in [3.8, 4) is 0 Å². The summed E-state index contributed by atoms with van der Waals surface area (Å²) in [5, 5.41) is 3.63. The second kappa shape index (κ2) is 6.55. The zero-order valence-corrected chi connectivity index (χ0v) is 11.1. The molecule has 1 N–H and O–H groups in total. The standard InChI is InChI=1S/C13H27FN2/c1-4-12-10-16(9-7-8-14)13(5-2,6-3)11-15-12/h12,15H,4-11H2,1-3H3. The van der Waals surface area contributed by atoms with E-state index in [9.17, 15) is 4.39 Å². The molecule has 1 rings (SSSR count). The summed E-state index contributed by atoms with van der Waals surface area (Å²) < 4.78 is 12.3. The fourth-order valence-corrected chi connectivity index (χ4v) is 2.77. The fourth-order valence-electron chi connectivity index (χ4n) is 2.77. The Bertz CT molecular complexity index is 192. The summed E-state index contributed by atoms with van der Waals surface area (Å²) in [4.78, 5) is 2.53. The van der Waals surface area contributed by atoms with Crippen molar-refractivity contribution in [3.63, 3.8) is 0 Å². The highest BCUT2D eigenvalue weighted by molar-refractivity contribution is 4.97. The van der Waals surface area contributed by atoms with Crippen molar-refractivity contribution < 1.29 is 4.39 Å². The molecule has 0 bridgehead atoms. The van der Waals surface area contributed by atoms with Gasteiger partial charge in [-0.15, -0.1) is 0 Å². The first kappa shape index (κ1) is 13.9. The van der Waals surface area contributed by atoms with E-state index in [2.05, 4.69) is 31.0 Å². The predicted octanol–water partition coefficient (Wildman–Crippen LogP) is 2.59. The van der Waals surface area contributed by atoms with Crippen molar-refractivity contribution >= 4 is 0 Å². The molecule has 3 heteroatoms. The van der Waals surface area contributed by atoms with Gasteiger partial charge < -0.3 is 5.32 Å². The summed E-state index contributed by atoms with van der Waals surface area (Å²) in [6.45, 7) is 9.58. The van der Waals surface area contributed by atoms with E-state index in [1.54, 1.807) is 0 Å². The molecule has 1 heterocycles. The zero-order valence-electron chi connectivity index (χ0n) is 11.1. The van der Waals surface area contributed by atoms with E-state index < -0.39 is 0 Å². The average molecular weight is 230 g/mol. The first-order valence-electron chi connectivity index (χ1n) is 6.76. The number of rotatable bonds is 6. The highest BCUT2D eigenvalue weighted by Crippen LogP contribution is 2.27. The molecule has 0 radical (unpaired) electrons. The Kier molecular flexibility index (Phi) is 5.70. The summed E-state index contributed by atoms with van der Waals surface area (Å²) >= 11 is 0. The second-order valence-electron chi connectivity index (χ2n) is 4.91. The normalized spacial score (nSPS) is 25.9. The number of halogens is 1. The summed E-state index contributed by atoms with van der Waals surface area (Å²) in [6.07, 6.45) is 4.15. The number of alkyl halides is 1. The third-order valence-corrected chi connectivity index (χ3v) is 4.20. The highest BCUT2D eigenvalue weighted by Gasteiger charge is 2.37. The Morgan fingerprint density at radius 3 is 2.50 bits per heavy atom. The molecule has 0 aromatic carbocycles. The van der Waals surface area contributed by atoms with Crippen molar-refractivity contribution in [2.24, 2.45) is 0 Å². The minimum Gasteiger partial charge on any atom is -0.311 e. The van der Waals surface area contributed by atoms with E-state index in [1.165, 1.54) is 0 Å². The number of nitrogens with one attached hydrogen (secondary N) is 1. The Balaban J connectivity index is 2.66. The Morgan fingerprint density at radius 1 is 1.31 bits per heavy atom. The van der Waals surface area contributed by atoms with Crippen LogP contribution in [0.3, 0.4) is 0 Å². The van der Waals surface area contributed by atoms with Crippen LogP contribution in [-0.4, -0.2) is 42.8 Å². The van der Waals surface area contributed by atoms with Crippen LogP contribution in [-0.2, 0) is 0 Å². The molecular formula is C13H27FN2. The molecule has 1 atom stereocenters. The summed E-state index contributed by atoms with van der Waals surface area (Å²) in [5.41, 5.74) is 0.265. The summed E-state index contributed by atoms with van der Waals surface area (Å²) in [5.74, 6) is 0. The van der Waals surface area contributed by atoms with Crippen molar-refractivity contribution in [3.05, 3.63) is 0 Å². The molecule has 1 unspecified atom stereocenters. The quantitative estimate of drug-likeness (QED) is 0.754. The molecule has 1 aliphatic rings. The number of hydrogen-bond acceptors (Lipinski definition) is 2. The molecule has 1 fully saturated rings. The smallest absolute Gasteiger partial charge is 0.0906 e. The molecule has 0 aliphatic carbocycles. The maximum absolute atomic E-state index is 12.3. The third-order valence-electron chi connectivity index (χ3n) is 4.20. The van der Waals surface area contributed by atoms with Gasteiger partial charge in [0.1, 0.15) is 0 Å². The van der Waals surface area contributed by atoms with Crippen molar-refractivity contribution in [2.75, 3.05) is 26.3 Å². The van der Waals surface area contributed by atoms with Gasteiger partial charge in [0.25, 0.3) is 0 Å². The van der Waals surface area contributed by atoms with Gasteiger partial charge in [-0.2, -0.15) is 0 Å². The lowest BCUT2D eigenvalue weighted by Crippen LogP contribution is -2.64. The average Bonchev–Trinajstić information content (AvgIpc) is 2.36. The molecule has 0 aromatic heterocycles. The maximum Gasteiger partial charge on any atom is 0.0906 e. The van der Waals surface area contributed by atoms with Crippen LogP contribution in [0.15, 0.2) is 0 Å². The van der Waals surface area contributed by atoms with Crippen LogP contribution >= 0.6 is 0 Å². The molecule has 2 nitrogen and oxygen atoms in total. The van der Waals surface area contributed by atoms with Gasteiger partial charge in [-0.05, 0) is 25.7 Å². The molecule has 0 saturated carbocycles. The number of hydrogen-bond donors (Lipinski definition) is 1.